The van der Waals surface area contributed by atoms with Gasteiger partial charge in [0.2, 0.25) is 0 Å². The van der Waals surface area contributed by atoms with Crippen LogP contribution >= 0.6 is 0 Å². The third kappa shape index (κ3) is 5.28. The van der Waals surface area contributed by atoms with Gasteiger partial charge >= 0.3 is 0 Å². The Morgan fingerprint density at radius 2 is 0.709 bits per heavy atom. The molecule has 0 saturated heterocycles. The van der Waals surface area contributed by atoms with Crippen molar-refractivity contribution in [2.24, 2.45) is 0 Å². The molecule has 0 amide bonds. The van der Waals surface area contributed by atoms with Gasteiger partial charge in [-0.1, -0.05) is 146 Å². The first kappa shape index (κ1) is 31.2. The molecule has 11 aromatic rings. The third-order valence-electron chi connectivity index (χ3n) is 10.9. The summed E-state index contributed by atoms with van der Waals surface area (Å²) in [6.45, 7) is 0. The van der Waals surface area contributed by atoms with Gasteiger partial charge in [0.1, 0.15) is 22.3 Å². The molecule has 258 valence electrons. The van der Waals surface area contributed by atoms with Crippen LogP contribution in [-0.2, 0) is 0 Å². The van der Waals surface area contributed by atoms with Crippen molar-refractivity contribution >= 4 is 71.7 Å². The Kier molecular flexibility index (Phi) is 7.17. The molecule has 0 aliphatic carbocycles. The topological polar surface area (TPSA) is 29.5 Å². The van der Waals surface area contributed by atoms with Gasteiger partial charge in [0.05, 0.1) is 0 Å². The number of rotatable bonds is 6. The van der Waals surface area contributed by atoms with Crippen LogP contribution in [0.2, 0.25) is 0 Å². The van der Waals surface area contributed by atoms with E-state index in [0.29, 0.717) is 0 Å². The fourth-order valence-electron chi connectivity index (χ4n) is 8.15. The highest BCUT2D eigenvalue weighted by Crippen LogP contribution is 2.41. The molecule has 0 bridgehead atoms. The summed E-state index contributed by atoms with van der Waals surface area (Å²) < 4.78 is 12.8. The van der Waals surface area contributed by atoms with Crippen LogP contribution in [0.1, 0.15) is 0 Å². The lowest BCUT2D eigenvalue weighted by Crippen LogP contribution is -2.09. The molecule has 0 aliphatic heterocycles. The smallest absolute Gasteiger partial charge is 0.143 e. The van der Waals surface area contributed by atoms with E-state index < -0.39 is 0 Å². The molecule has 9 aromatic carbocycles. The van der Waals surface area contributed by atoms with Gasteiger partial charge in [-0.05, 0) is 87.6 Å². The van der Waals surface area contributed by atoms with E-state index in [9.17, 15) is 0 Å². The van der Waals surface area contributed by atoms with Crippen LogP contribution in [0.25, 0.3) is 88.0 Å². The van der Waals surface area contributed by atoms with Crippen molar-refractivity contribution in [3.05, 3.63) is 200 Å². The number of anilines is 3. The summed E-state index contributed by atoms with van der Waals surface area (Å²) in [5.74, 6) is 0. The predicted molar refractivity (Wildman–Crippen MR) is 229 cm³/mol. The van der Waals surface area contributed by atoms with Gasteiger partial charge in [-0.25, -0.2) is 0 Å². The summed E-state index contributed by atoms with van der Waals surface area (Å²) in [5, 5.41) is 7.01. The number of fused-ring (bicyclic) bond motifs is 7. The monoisotopic (exact) mass is 703 g/mol. The Labute approximate surface area is 317 Å². The number of nitrogens with zero attached hydrogens (tertiary/aromatic N) is 1. The van der Waals surface area contributed by atoms with Gasteiger partial charge in [0.25, 0.3) is 0 Å². The highest BCUT2D eigenvalue weighted by molar-refractivity contribution is 6.10. The van der Waals surface area contributed by atoms with Gasteiger partial charge in [-0.15, -0.1) is 0 Å². The summed E-state index contributed by atoms with van der Waals surface area (Å²) in [6.07, 6.45) is 0. The van der Waals surface area contributed by atoms with Crippen LogP contribution in [0.5, 0.6) is 0 Å². The minimum absolute atomic E-state index is 0.903. The van der Waals surface area contributed by atoms with E-state index in [1.165, 1.54) is 21.9 Å². The standard InChI is InChI=1S/C52H33NO2/c1-2-10-38-33-39(20-19-34(38)9-1)35-21-27-40(28-22-35)53(41-29-23-36(24-30-41)43-13-7-15-47-45-11-3-5-17-49(45)54-51(43)47)42-31-25-37(26-32-42)44-14-8-16-48-46-12-4-6-18-50(46)55-52(44)48/h1-33H. The van der Waals surface area contributed by atoms with Crippen molar-refractivity contribution in [3.8, 4) is 33.4 Å². The Hall–Kier alpha value is -7.36. The van der Waals surface area contributed by atoms with Crippen LogP contribution in [0.15, 0.2) is 209 Å². The second kappa shape index (κ2) is 12.6. The molecule has 11 rings (SSSR count). The fraction of sp³-hybridized carbons (Fsp3) is 0. The first-order chi connectivity index (χ1) is 27.2. The van der Waals surface area contributed by atoms with E-state index in [0.717, 1.165) is 83.2 Å². The number of benzene rings is 9. The van der Waals surface area contributed by atoms with E-state index in [4.69, 9.17) is 8.83 Å². The quantitative estimate of drug-likeness (QED) is 0.173. The maximum absolute atomic E-state index is 6.40. The molecule has 2 heterocycles. The molecule has 3 heteroatoms. The lowest BCUT2D eigenvalue weighted by molar-refractivity contribution is 0.669. The molecule has 0 radical (unpaired) electrons. The van der Waals surface area contributed by atoms with Crippen LogP contribution < -0.4 is 4.90 Å². The van der Waals surface area contributed by atoms with Crippen molar-refractivity contribution in [1.29, 1.82) is 0 Å². The van der Waals surface area contributed by atoms with E-state index in [1.807, 2.05) is 24.3 Å². The maximum Gasteiger partial charge on any atom is 0.143 e. The first-order valence-electron chi connectivity index (χ1n) is 18.7. The second-order valence-corrected chi connectivity index (χ2v) is 14.1. The molecule has 0 saturated carbocycles. The Morgan fingerprint density at radius 1 is 0.291 bits per heavy atom. The average Bonchev–Trinajstić information content (AvgIpc) is 3.83. The van der Waals surface area contributed by atoms with Crippen molar-refractivity contribution in [2.45, 2.75) is 0 Å². The molecule has 0 unspecified atom stereocenters. The number of hydrogen-bond donors (Lipinski definition) is 0. The molecular weight excluding hydrogens is 671 g/mol. The minimum atomic E-state index is 0.903. The van der Waals surface area contributed by atoms with Crippen molar-refractivity contribution in [3.63, 3.8) is 0 Å². The highest BCUT2D eigenvalue weighted by atomic mass is 16.3. The predicted octanol–water partition coefficient (Wildman–Crippen LogP) is 15.1. The van der Waals surface area contributed by atoms with Crippen molar-refractivity contribution < 1.29 is 8.83 Å². The molecule has 55 heavy (non-hydrogen) atoms. The van der Waals surface area contributed by atoms with Crippen molar-refractivity contribution in [1.82, 2.24) is 0 Å². The molecule has 0 aliphatic rings. The van der Waals surface area contributed by atoms with Gasteiger partial charge in [0.15, 0.2) is 0 Å². The fourth-order valence-corrected chi connectivity index (χ4v) is 8.15. The zero-order chi connectivity index (χ0) is 36.3. The van der Waals surface area contributed by atoms with Gasteiger partial charge in [-0.2, -0.15) is 0 Å². The molecule has 0 N–H and O–H groups in total. The normalized spacial score (nSPS) is 11.6. The summed E-state index contributed by atoms with van der Waals surface area (Å²) in [4.78, 5) is 2.32. The summed E-state index contributed by atoms with van der Waals surface area (Å²) in [5.41, 5.74) is 13.6. The summed E-state index contributed by atoms with van der Waals surface area (Å²) in [6, 6.07) is 71.0. The van der Waals surface area contributed by atoms with Crippen molar-refractivity contribution in [2.75, 3.05) is 4.90 Å². The van der Waals surface area contributed by atoms with E-state index in [1.54, 1.807) is 0 Å². The van der Waals surface area contributed by atoms with E-state index in [-0.39, 0.29) is 0 Å². The Balaban J connectivity index is 0.996. The van der Waals surface area contributed by atoms with Gasteiger partial charge < -0.3 is 13.7 Å². The largest absolute Gasteiger partial charge is 0.455 e. The molecular formula is C52H33NO2. The highest BCUT2D eigenvalue weighted by Gasteiger charge is 2.17. The van der Waals surface area contributed by atoms with Crippen LogP contribution in [-0.4, -0.2) is 0 Å². The molecule has 0 atom stereocenters. The van der Waals surface area contributed by atoms with Gasteiger partial charge in [-0.3, -0.25) is 0 Å². The Morgan fingerprint density at radius 3 is 1.24 bits per heavy atom. The lowest BCUT2D eigenvalue weighted by Gasteiger charge is -2.26. The number of para-hydroxylation sites is 4. The van der Waals surface area contributed by atoms with Crippen LogP contribution in [0.4, 0.5) is 17.1 Å². The molecule has 0 spiro atoms. The zero-order valence-corrected chi connectivity index (χ0v) is 29.8. The maximum atomic E-state index is 6.40. The number of hydrogen-bond acceptors (Lipinski definition) is 3. The molecule has 3 nitrogen and oxygen atoms in total. The SMILES string of the molecule is c1ccc2cc(-c3ccc(N(c4ccc(-c5cccc6c5oc5ccccc56)cc4)c4ccc(-c5cccc6c5oc5ccccc56)cc4)cc3)ccc2c1. The minimum Gasteiger partial charge on any atom is -0.455 e. The first-order valence-corrected chi connectivity index (χ1v) is 18.7. The zero-order valence-electron chi connectivity index (χ0n) is 29.8. The average molecular weight is 704 g/mol. The summed E-state index contributed by atoms with van der Waals surface area (Å²) >= 11 is 0. The molecule has 2 aromatic heterocycles. The Bertz CT molecular complexity index is 3030. The second-order valence-electron chi connectivity index (χ2n) is 14.1. The number of furan rings is 2. The van der Waals surface area contributed by atoms with E-state index in [2.05, 4.69) is 181 Å². The van der Waals surface area contributed by atoms with E-state index >= 15 is 0 Å². The lowest BCUT2D eigenvalue weighted by atomic mass is 10.00. The molecule has 0 fully saturated rings. The summed E-state index contributed by atoms with van der Waals surface area (Å²) in [7, 11) is 0. The van der Waals surface area contributed by atoms with Crippen LogP contribution in [0.3, 0.4) is 0 Å². The van der Waals surface area contributed by atoms with Gasteiger partial charge in [0, 0.05) is 49.7 Å². The third-order valence-corrected chi connectivity index (χ3v) is 10.9. The van der Waals surface area contributed by atoms with Crippen LogP contribution in [0, 0.1) is 0 Å².